The van der Waals surface area contributed by atoms with Crippen molar-refractivity contribution in [2.75, 3.05) is 0 Å². The summed E-state index contributed by atoms with van der Waals surface area (Å²) in [5.74, 6) is -3.96. The minimum atomic E-state index is -1.33. The molecule has 1 aromatic heterocycles. The number of aromatic nitrogens is 1. The fraction of sp³-hybridized carbons (Fsp3) is 0. The Bertz CT molecular complexity index is 597. The van der Waals surface area contributed by atoms with Crippen molar-refractivity contribution in [2.45, 2.75) is 0 Å². The molecule has 1 heterocycles. The Hall–Kier alpha value is -1.76. The third kappa shape index (κ3) is 2.05. The van der Waals surface area contributed by atoms with Crippen molar-refractivity contribution in [3.05, 3.63) is 40.1 Å². The van der Waals surface area contributed by atoms with Gasteiger partial charge >= 0.3 is 5.97 Å². The van der Waals surface area contributed by atoms with Gasteiger partial charge in [-0.1, -0.05) is 5.16 Å². The van der Waals surface area contributed by atoms with Gasteiger partial charge in [-0.2, -0.15) is 0 Å². The zero-order valence-corrected chi connectivity index (χ0v) is 9.66. The molecule has 0 amide bonds. The van der Waals surface area contributed by atoms with Crippen LogP contribution in [-0.2, 0) is 0 Å². The van der Waals surface area contributed by atoms with Crippen LogP contribution in [0.4, 0.5) is 8.78 Å². The fourth-order valence-electron chi connectivity index (χ4n) is 1.23. The molecule has 1 N–H and O–H groups in total. The van der Waals surface area contributed by atoms with Crippen LogP contribution in [0.15, 0.2) is 27.2 Å². The quantitative estimate of drug-likeness (QED) is 0.866. The number of carbonyl (C=O) groups is 1. The van der Waals surface area contributed by atoms with E-state index in [4.69, 9.17) is 5.11 Å². The number of hydrogen-bond acceptors (Lipinski definition) is 3. The highest BCUT2D eigenvalue weighted by molar-refractivity contribution is 9.10. The average molecular weight is 304 g/mol. The van der Waals surface area contributed by atoms with Gasteiger partial charge in [-0.05, 0) is 28.1 Å². The van der Waals surface area contributed by atoms with Crippen LogP contribution >= 0.6 is 15.9 Å². The summed E-state index contributed by atoms with van der Waals surface area (Å²) in [6, 6.07) is 3.59. The smallest absolute Gasteiger partial charge is 0.374 e. The van der Waals surface area contributed by atoms with Gasteiger partial charge in [0.05, 0.1) is 4.47 Å². The predicted octanol–water partition coefficient (Wildman–Crippen LogP) is 3.08. The lowest BCUT2D eigenvalue weighted by atomic mass is 10.1. The number of rotatable bonds is 2. The number of carboxylic acid groups (broad SMARTS) is 1. The number of nitrogens with zero attached hydrogens (tertiary/aromatic N) is 1. The summed E-state index contributed by atoms with van der Waals surface area (Å²) in [6.07, 6.45) is 0. The third-order valence-electron chi connectivity index (χ3n) is 2.03. The molecule has 0 aliphatic heterocycles. The van der Waals surface area contributed by atoms with Crippen LogP contribution in [0.5, 0.6) is 0 Å². The molecule has 0 fully saturated rings. The number of carboxylic acids is 1. The first-order valence-corrected chi connectivity index (χ1v) is 5.14. The Morgan fingerprint density at radius 1 is 1.35 bits per heavy atom. The second-order valence-electron chi connectivity index (χ2n) is 3.10. The standard InChI is InChI=1S/C10H4BrF2NO3/c11-5-2-1-4(8(12)9(5)13)6-3-7(10(15)16)17-14-6/h1-3H,(H,15,16). The SMILES string of the molecule is O=C(O)c1cc(-c2ccc(Br)c(F)c2F)no1. The largest absolute Gasteiger partial charge is 0.475 e. The number of halogens is 3. The monoisotopic (exact) mass is 303 g/mol. The Balaban J connectivity index is 2.53. The molecule has 0 aliphatic carbocycles. The molecule has 0 saturated carbocycles. The zero-order valence-electron chi connectivity index (χ0n) is 8.08. The Morgan fingerprint density at radius 2 is 2.06 bits per heavy atom. The van der Waals surface area contributed by atoms with Crippen LogP contribution in [0.25, 0.3) is 11.3 Å². The lowest BCUT2D eigenvalue weighted by Crippen LogP contribution is -1.92. The minimum absolute atomic E-state index is 0.0271. The first kappa shape index (κ1) is 11.7. The van der Waals surface area contributed by atoms with Crippen LogP contribution in [0, 0.1) is 11.6 Å². The number of hydrogen-bond donors (Lipinski definition) is 1. The normalized spacial score (nSPS) is 10.5. The molecule has 0 unspecified atom stereocenters. The summed E-state index contributed by atoms with van der Waals surface area (Å²) in [5, 5.41) is 12.0. The van der Waals surface area contributed by atoms with Gasteiger partial charge in [0.25, 0.3) is 0 Å². The highest BCUT2D eigenvalue weighted by atomic mass is 79.9. The molecule has 0 saturated heterocycles. The summed E-state index contributed by atoms with van der Waals surface area (Å²) >= 11 is 2.83. The van der Waals surface area contributed by atoms with E-state index >= 15 is 0 Å². The van der Waals surface area contributed by atoms with E-state index in [9.17, 15) is 13.6 Å². The van der Waals surface area contributed by atoms with Crippen molar-refractivity contribution in [3.8, 4) is 11.3 Å². The van der Waals surface area contributed by atoms with Crippen molar-refractivity contribution in [3.63, 3.8) is 0 Å². The van der Waals surface area contributed by atoms with Gasteiger partial charge in [0.1, 0.15) is 5.69 Å². The Morgan fingerprint density at radius 3 is 2.65 bits per heavy atom. The Kier molecular flexibility index (Phi) is 2.93. The fourth-order valence-corrected chi connectivity index (χ4v) is 1.53. The number of aromatic carboxylic acids is 1. The minimum Gasteiger partial charge on any atom is -0.475 e. The number of benzene rings is 1. The van der Waals surface area contributed by atoms with E-state index in [2.05, 4.69) is 25.6 Å². The zero-order chi connectivity index (χ0) is 12.6. The van der Waals surface area contributed by atoms with Gasteiger partial charge < -0.3 is 9.63 Å². The highest BCUT2D eigenvalue weighted by Crippen LogP contribution is 2.28. The van der Waals surface area contributed by atoms with Crippen LogP contribution in [0.2, 0.25) is 0 Å². The van der Waals surface area contributed by atoms with Gasteiger partial charge in [0.2, 0.25) is 5.76 Å². The summed E-state index contributed by atoms with van der Waals surface area (Å²) in [5.41, 5.74) is -0.242. The summed E-state index contributed by atoms with van der Waals surface area (Å²) < 4.78 is 31.2. The highest BCUT2D eigenvalue weighted by Gasteiger charge is 2.18. The summed E-state index contributed by atoms with van der Waals surface area (Å²) in [7, 11) is 0. The topological polar surface area (TPSA) is 63.3 Å². The predicted molar refractivity (Wildman–Crippen MR) is 56.5 cm³/mol. The maximum Gasteiger partial charge on any atom is 0.374 e. The molecular formula is C10H4BrF2NO3. The molecule has 17 heavy (non-hydrogen) atoms. The third-order valence-corrected chi connectivity index (χ3v) is 2.64. The summed E-state index contributed by atoms with van der Waals surface area (Å²) in [6.45, 7) is 0. The van der Waals surface area contributed by atoms with E-state index in [0.29, 0.717) is 0 Å². The van der Waals surface area contributed by atoms with Gasteiger partial charge in [0.15, 0.2) is 11.6 Å². The first-order chi connectivity index (χ1) is 8.00. The van der Waals surface area contributed by atoms with E-state index in [1.54, 1.807) is 0 Å². The molecule has 0 spiro atoms. The van der Waals surface area contributed by atoms with E-state index in [1.165, 1.54) is 12.1 Å². The van der Waals surface area contributed by atoms with E-state index in [0.717, 1.165) is 6.07 Å². The molecular weight excluding hydrogens is 300 g/mol. The summed E-state index contributed by atoms with van der Waals surface area (Å²) in [4.78, 5) is 10.5. The van der Waals surface area contributed by atoms with Gasteiger partial charge in [-0.15, -0.1) is 0 Å². The van der Waals surface area contributed by atoms with E-state index in [1.807, 2.05) is 0 Å². The maximum atomic E-state index is 13.5. The van der Waals surface area contributed by atoms with Gasteiger partial charge in [-0.3, -0.25) is 0 Å². The molecule has 0 radical (unpaired) electrons. The molecule has 88 valence electrons. The molecule has 7 heteroatoms. The van der Waals surface area contributed by atoms with Crippen LogP contribution in [0.1, 0.15) is 10.6 Å². The van der Waals surface area contributed by atoms with Crippen molar-refractivity contribution in [2.24, 2.45) is 0 Å². The molecule has 4 nitrogen and oxygen atoms in total. The second-order valence-corrected chi connectivity index (χ2v) is 3.96. The van der Waals surface area contributed by atoms with Crippen LogP contribution < -0.4 is 0 Å². The first-order valence-electron chi connectivity index (χ1n) is 4.34. The molecule has 0 atom stereocenters. The lowest BCUT2D eigenvalue weighted by molar-refractivity contribution is 0.0652. The average Bonchev–Trinajstić information content (AvgIpc) is 2.75. The van der Waals surface area contributed by atoms with Crippen molar-refractivity contribution >= 4 is 21.9 Å². The van der Waals surface area contributed by atoms with Crippen molar-refractivity contribution in [1.82, 2.24) is 5.16 Å². The molecule has 2 rings (SSSR count). The van der Waals surface area contributed by atoms with Crippen molar-refractivity contribution in [1.29, 1.82) is 0 Å². The molecule has 2 aromatic rings. The van der Waals surface area contributed by atoms with Crippen LogP contribution in [-0.4, -0.2) is 16.2 Å². The van der Waals surface area contributed by atoms with Crippen LogP contribution in [0.3, 0.4) is 0 Å². The van der Waals surface area contributed by atoms with Gasteiger partial charge in [0, 0.05) is 11.6 Å². The van der Waals surface area contributed by atoms with E-state index < -0.39 is 23.4 Å². The lowest BCUT2D eigenvalue weighted by Gasteiger charge is -2.00. The van der Waals surface area contributed by atoms with E-state index in [-0.39, 0.29) is 15.7 Å². The molecule has 1 aromatic carbocycles. The molecule has 0 aliphatic rings. The van der Waals surface area contributed by atoms with Gasteiger partial charge in [-0.25, -0.2) is 13.6 Å². The second kappa shape index (κ2) is 4.25. The maximum absolute atomic E-state index is 13.5. The Labute approximate surface area is 102 Å². The molecule has 0 bridgehead atoms. The van der Waals surface area contributed by atoms with Crippen molar-refractivity contribution < 1.29 is 23.2 Å².